The number of amides is 1. The molecule has 0 radical (unpaired) electrons. The van der Waals surface area contributed by atoms with Crippen LogP contribution in [-0.2, 0) is 20.6 Å². The number of carbonyl (C=O) groups excluding carboxylic acids is 1. The number of nitrogens with one attached hydrogen (secondary N) is 1. The maximum atomic E-state index is 12.8. The van der Waals surface area contributed by atoms with Gasteiger partial charge in [-0.05, 0) is 42.7 Å². The predicted octanol–water partition coefficient (Wildman–Crippen LogP) is 3.53. The van der Waals surface area contributed by atoms with Gasteiger partial charge in [0, 0.05) is 18.1 Å². The summed E-state index contributed by atoms with van der Waals surface area (Å²) in [5.41, 5.74) is 1.21. The highest BCUT2D eigenvalue weighted by molar-refractivity contribution is 7.88. The Morgan fingerprint density at radius 2 is 2.04 bits per heavy atom. The van der Waals surface area contributed by atoms with E-state index in [4.69, 9.17) is 16.3 Å². The third-order valence-corrected chi connectivity index (χ3v) is 6.80. The van der Waals surface area contributed by atoms with Crippen LogP contribution in [0.4, 0.5) is 5.69 Å². The van der Waals surface area contributed by atoms with Gasteiger partial charge in [0.15, 0.2) is 0 Å². The third-order valence-electron chi connectivity index (χ3n) is 4.75. The predicted molar refractivity (Wildman–Crippen MR) is 110 cm³/mol. The van der Waals surface area contributed by atoms with E-state index >= 15 is 0 Å². The molecule has 0 aromatic heterocycles. The van der Waals surface area contributed by atoms with E-state index in [9.17, 15) is 13.2 Å². The molecule has 1 atom stereocenters. The van der Waals surface area contributed by atoms with Crippen molar-refractivity contribution in [2.24, 2.45) is 5.92 Å². The first-order valence-corrected chi connectivity index (χ1v) is 11.0. The zero-order valence-corrected chi connectivity index (χ0v) is 17.2. The minimum atomic E-state index is -3.54. The fourth-order valence-electron chi connectivity index (χ4n) is 3.32. The molecular formula is C20H23ClN2O4S. The lowest BCUT2D eigenvalue weighted by atomic mass is 9.98. The van der Waals surface area contributed by atoms with Crippen LogP contribution in [0.2, 0.25) is 5.02 Å². The van der Waals surface area contributed by atoms with E-state index in [-0.39, 0.29) is 18.2 Å². The maximum Gasteiger partial charge on any atom is 0.228 e. The van der Waals surface area contributed by atoms with E-state index in [1.165, 1.54) is 11.4 Å². The number of carbonyl (C=O) groups is 1. The van der Waals surface area contributed by atoms with Crippen LogP contribution in [0.3, 0.4) is 0 Å². The van der Waals surface area contributed by atoms with Gasteiger partial charge in [-0.3, -0.25) is 4.79 Å². The second kappa shape index (κ2) is 8.94. The molecule has 0 unspecified atom stereocenters. The molecule has 1 aliphatic rings. The third kappa shape index (κ3) is 5.04. The Morgan fingerprint density at radius 1 is 1.25 bits per heavy atom. The standard InChI is InChI=1S/C20H23ClN2O4S/c1-27-19-10-3-2-9-18(19)22-20(24)16-7-5-11-23(13-16)28(25,26)14-15-6-4-8-17(21)12-15/h2-4,6,8-10,12,16H,5,7,11,13-14H2,1H3,(H,22,24)/t16-/m0/s1. The van der Waals surface area contributed by atoms with E-state index < -0.39 is 15.9 Å². The Bertz CT molecular complexity index is 949. The largest absolute Gasteiger partial charge is 0.495 e. The van der Waals surface area contributed by atoms with Crippen LogP contribution in [0.1, 0.15) is 18.4 Å². The van der Waals surface area contributed by atoms with Crippen molar-refractivity contribution in [2.45, 2.75) is 18.6 Å². The van der Waals surface area contributed by atoms with Crippen LogP contribution in [0.15, 0.2) is 48.5 Å². The molecule has 1 saturated heterocycles. The molecule has 6 nitrogen and oxygen atoms in total. The van der Waals surface area contributed by atoms with Crippen molar-refractivity contribution in [3.63, 3.8) is 0 Å². The fourth-order valence-corrected chi connectivity index (χ4v) is 5.13. The number of benzene rings is 2. The first-order valence-electron chi connectivity index (χ1n) is 9.05. The number of halogens is 1. The molecule has 1 heterocycles. The molecule has 2 aromatic rings. The summed E-state index contributed by atoms with van der Waals surface area (Å²) >= 11 is 5.95. The van der Waals surface area contributed by atoms with Gasteiger partial charge >= 0.3 is 0 Å². The Balaban J connectivity index is 1.68. The topological polar surface area (TPSA) is 75.7 Å². The summed E-state index contributed by atoms with van der Waals surface area (Å²) in [6, 6.07) is 14.0. The van der Waals surface area contributed by atoms with Gasteiger partial charge in [0.05, 0.1) is 24.5 Å². The van der Waals surface area contributed by atoms with Crippen molar-refractivity contribution in [3.8, 4) is 5.75 Å². The highest BCUT2D eigenvalue weighted by atomic mass is 35.5. The van der Waals surface area contributed by atoms with Crippen LogP contribution in [0.5, 0.6) is 5.75 Å². The van der Waals surface area contributed by atoms with Gasteiger partial charge < -0.3 is 10.1 Å². The highest BCUT2D eigenvalue weighted by Gasteiger charge is 2.32. The minimum Gasteiger partial charge on any atom is -0.495 e. The summed E-state index contributed by atoms with van der Waals surface area (Å²) in [7, 11) is -2.00. The van der Waals surface area contributed by atoms with Crippen LogP contribution < -0.4 is 10.1 Å². The van der Waals surface area contributed by atoms with Gasteiger partial charge in [0.2, 0.25) is 15.9 Å². The molecular weight excluding hydrogens is 400 g/mol. The number of rotatable bonds is 6. The summed E-state index contributed by atoms with van der Waals surface area (Å²) in [4.78, 5) is 12.7. The maximum absolute atomic E-state index is 12.8. The molecule has 3 rings (SSSR count). The van der Waals surface area contributed by atoms with E-state index in [1.54, 1.807) is 42.5 Å². The van der Waals surface area contributed by atoms with Crippen molar-refractivity contribution in [3.05, 3.63) is 59.1 Å². The number of hydrogen-bond acceptors (Lipinski definition) is 4. The van der Waals surface area contributed by atoms with Gasteiger partial charge in [0.1, 0.15) is 5.75 Å². The van der Waals surface area contributed by atoms with Gasteiger partial charge in [-0.1, -0.05) is 35.9 Å². The van der Waals surface area contributed by atoms with E-state index in [0.717, 1.165) is 0 Å². The molecule has 2 aromatic carbocycles. The first kappa shape index (κ1) is 20.6. The molecule has 0 spiro atoms. The van der Waals surface area contributed by atoms with Crippen LogP contribution >= 0.6 is 11.6 Å². The summed E-state index contributed by atoms with van der Waals surface area (Å²) in [6.45, 7) is 0.589. The summed E-state index contributed by atoms with van der Waals surface area (Å²) < 4.78 is 32.3. The van der Waals surface area contributed by atoms with Crippen LogP contribution in [0, 0.1) is 5.92 Å². The SMILES string of the molecule is COc1ccccc1NC(=O)[C@H]1CCCN(S(=O)(=O)Cc2cccc(Cl)c2)C1. The zero-order valence-electron chi connectivity index (χ0n) is 15.6. The van der Waals surface area contributed by atoms with Gasteiger partial charge in [0.25, 0.3) is 0 Å². The quantitative estimate of drug-likeness (QED) is 0.772. The zero-order chi connectivity index (χ0) is 20.1. The number of piperidine rings is 1. The van der Waals surface area contributed by atoms with Gasteiger partial charge in [-0.15, -0.1) is 0 Å². The van der Waals surface area contributed by atoms with Crippen LogP contribution in [-0.4, -0.2) is 38.8 Å². The molecule has 0 saturated carbocycles. The number of nitrogens with zero attached hydrogens (tertiary/aromatic N) is 1. The molecule has 1 N–H and O–H groups in total. The summed E-state index contributed by atoms with van der Waals surface area (Å²) in [6.07, 6.45) is 1.28. The second-order valence-electron chi connectivity index (χ2n) is 6.77. The molecule has 150 valence electrons. The molecule has 1 fully saturated rings. The number of hydrogen-bond donors (Lipinski definition) is 1. The normalized spacial score (nSPS) is 17.9. The smallest absolute Gasteiger partial charge is 0.228 e. The Hall–Kier alpha value is -2.09. The van der Waals surface area contributed by atoms with Crippen molar-refractivity contribution in [1.82, 2.24) is 4.31 Å². The van der Waals surface area contributed by atoms with Crippen molar-refractivity contribution in [2.75, 3.05) is 25.5 Å². The molecule has 28 heavy (non-hydrogen) atoms. The number of methoxy groups -OCH3 is 1. The van der Waals surface area contributed by atoms with Crippen LogP contribution in [0.25, 0.3) is 0 Å². The first-order chi connectivity index (χ1) is 13.4. The average molecular weight is 423 g/mol. The number of sulfonamides is 1. The Morgan fingerprint density at radius 3 is 2.79 bits per heavy atom. The highest BCUT2D eigenvalue weighted by Crippen LogP contribution is 2.27. The summed E-state index contributed by atoms with van der Waals surface area (Å²) in [5, 5.41) is 3.36. The Labute approximate surface area is 170 Å². The van der Waals surface area contributed by atoms with Crippen molar-refractivity contribution >= 4 is 33.2 Å². The minimum absolute atomic E-state index is 0.131. The van der Waals surface area contributed by atoms with E-state index in [1.807, 2.05) is 6.07 Å². The van der Waals surface area contributed by atoms with E-state index in [0.29, 0.717) is 41.4 Å². The number of ether oxygens (including phenoxy) is 1. The lowest BCUT2D eigenvalue weighted by molar-refractivity contribution is -0.120. The molecule has 1 amide bonds. The average Bonchev–Trinajstić information content (AvgIpc) is 2.68. The fraction of sp³-hybridized carbons (Fsp3) is 0.350. The van der Waals surface area contributed by atoms with E-state index in [2.05, 4.69) is 5.32 Å². The number of para-hydroxylation sites is 2. The molecule has 0 aliphatic carbocycles. The van der Waals surface area contributed by atoms with Gasteiger partial charge in [-0.25, -0.2) is 12.7 Å². The van der Waals surface area contributed by atoms with Crippen molar-refractivity contribution in [1.29, 1.82) is 0 Å². The molecule has 8 heteroatoms. The molecule has 1 aliphatic heterocycles. The summed E-state index contributed by atoms with van der Waals surface area (Å²) in [5.74, 6) is -0.175. The van der Waals surface area contributed by atoms with Crippen molar-refractivity contribution < 1.29 is 17.9 Å². The lowest BCUT2D eigenvalue weighted by Crippen LogP contribution is -2.44. The monoisotopic (exact) mass is 422 g/mol. The lowest BCUT2D eigenvalue weighted by Gasteiger charge is -2.31. The molecule has 0 bridgehead atoms. The van der Waals surface area contributed by atoms with Gasteiger partial charge in [-0.2, -0.15) is 0 Å². The number of anilines is 1. The second-order valence-corrected chi connectivity index (χ2v) is 9.18. The Kier molecular flexibility index (Phi) is 6.59.